The first-order chi connectivity index (χ1) is 8.08. The van der Waals surface area contributed by atoms with Crippen molar-refractivity contribution in [3.05, 3.63) is 41.4 Å². The molecule has 1 aromatic rings. The molecule has 0 aliphatic heterocycles. The van der Waals surface area contributed by atoms with Gasteiger partial charge < -0.3 is 10.1 Å². The Morgan fingerprint density at radius 1 is 1.53 bits per heavy atom. The Bertz CT molecular complexity index is 404. The topological polar surface area (TPSA) is 38.3 Å². The fraction of sp³-hybridized carbons (Fsp3) is 0.308. The second-order valence-electron chi connectivity index (χ2n) is 3.71. The quantitative estimate of drug-likeness (QED) is 0.846. The number of ether oxygens (including phenoxy) is 1. The first-order valence-corrected chi connectivity index (χ1v) is 5.75. The van der Waals surface area contributed by atoms with Crippen molar-refractivity contribution >= 4 is 17.5 Å². The minimum atomic E-state index is -0.0977. The number of carbonyl (C=O) groups is 1. The summed E-state index contributed by atoms with van der Waals surface area (Å²) in [5.41, 5.74) is 1.13. The van der Waals surface area contributed by atoms with E-state index in [2.05, 4.69) is 11.9 Å². The fourth-order valence-corrected chi connectivity index (χ4v) is 1.32. The van der Waals surface area contributed by atoms with E-state index in [4.69, 9.17) is 16.3 Å². The molecular weight excluding hydrogens is 238 g/mol. The average molecular weight is 254 g/mol. The molecule has 0 aliphatic rings. The summed E-state index contributed by atoms with van der Waals surface area (Å²) in [7, 11) is 0. The van der Waals surface area contributed by atoms with E-state index in [9.17, 15) is 4.79 Å². The zero-order valence-electron chi connectivity index (χ0n) is 9.83. The number of hydrogen-bond donors (Lipinski definition) is 1. The lowest BCUT2D eigenvalue weighted by Crippen LogP contribution is -2.25. The largest absolute Gasteiger partial charge is 0.493 e. The van der Waals surface area contributed by atoms with Crippen molar-refractivity contribution in [3.63, 3.8) is 0 Å². The highest BCUT2D eigenvalue weighted by atomic mass is 35.5. The molecule has 1 amide bonds. The molecule has 0 bridgehead atoms. The van der Waals surface area contributed by atoms with Crippen LogP contribution < -0.4 is 10.1 Å². The van der Waals surface area contributed by atoms with E-state index in [-0.39, 0.29) is 5.91 Å². The average Bonchev–Trinajstić information content (AvgIpc) is 2.26. The highest BCUT2D eigenvalue weighted by Gasteiger charge is 2.01. The molecule has 92 valence electrons. The van der Waals surface area contributed by atoms with E-state index < -0.39 is 0 Å². The van der Waals surface area contributed by atoms with Crippen LogP contribution in [0.1, 0.15) is 12.0 Å². The zero-order valence-corrected chi connectivity index (χ0v) is 10.6. The molecule has 0 heterocycles. The van der Waals surface area contributed by atoms with Gasteiger partial charge in [-0.25, -0.2) is 0 Å². The van der Waals surface area contributed by atoms with Gasteiger partial charge in [0, 0.05) is 5.03 Å². The Hall–Kier alpha value is -1.48. The molecule has 17 heavy (non-hydrogen) atoms. The summed E-state index contributed by atoms with van der Waals surface area (Å²) in [6, 6.07) is 7.71. The van der Waals surface area contributed by atoms with Crippen LogP contribution in [0.25, 0.3) is 0 Å². The number of amides is 1. The third-order valence-corrected chi connectivity index (χ3v) is 2.20. The van der Waals surface area contributed by atoms with Gasteiger partial charge in [0.1, 0.15) is 5.75 Å². The van der Waals surface area contributed by atoms with Crippen LogP contribution in [-0.2, 0) is 4.79 Å². The summed E-state index contributed by atoms with van der Waals surface area (Å²) in [5, 5.41) is 3.04. The molecule has 0 atom stereocenters. The first-order valence-electron chi connectivity index (χ1n) is 5.37. The maximum atomic E-state index is 11.3. The normalized spacial score (nSPS) is 9.76. The minimum Gasteiger partial charge on any atom is -0.493 e. The number of aryl methyl sites for hydroxylation is 1. The number of carbonyl (C=O) groups excluding carboxylic acids is 1. The summed E-state index contributed by atoms with van der Waals surface area (Å²) < 4.78 is 5.45. The smallest absolute Gasteiger partial charge is 0.223 e. The van der Waals surface area contributed by atoms with Gasteiger partial charge in [-0.05, 0) is 24.6 Å². The number of rotatable bonds is 6. The maximum absolute atomic E-state index is 11.3. The Labute approximate surface area is 106 Å². The summed E-state index contributed by atoms with van der Waals surface area (Å²) in [4.78, 5) is 11.3. The molecule has 0 unspecified atom stereocenters. The van der Waals surface area contributed by atoms with Crippen LogP contribution in [0.15, 0.2) is 35.9 Å². The standard InChI is InChI=1S/C13H16ClNO2/c1-10-4-3-5-12(8-10)17-7-6-13(16)15-9-11(2)14/h3-5,8H,2,6-7,9H2,1H3,(H,15,16). The predicted molar refractivity (Wildman–Crippen MR) is 69.3 cm³/mol. The maximum Gasteiger partial charge on any atom is 0.223 e. The van der Waals surface area contributed by atoms with Crippen LogP contribution in [0.5, 0.6) is 5.75 Å². The monoisotopic (exact) mass is 253 g/mol. The molecule has 0 saturated heterocycles. The van der Waals surface area contributed by atoms with Gasteiger partial charge in [0.05, 0.1) is 19.6 Å². The van der Waals surface area contributed by atoms with E-state index in [0.717, 1.165) is 11.3 Å². The summed E-state index contributed by atoms with van der Waals surface area (Å²) in [6.45, 7) is 6.12. The second kappa shape index (κ2) is 6.97. The van der Waals surface area contributed by atoms with E-state index in [1.165, 1.54) is 0 Å². The Morgan fingerprint density at radius 2 is 2.29 bits per heavy atom. The van der Waals surface area contributed by atoms with E-state index >= 15 is 0 Å². The van der Waals surface area contributed by atoms with Crippen molar-refractivity contribution in [1.82, 2.24) is 5.32 Å². The zero-order chi connectivity index (χ0) is 12.7. The Balaban J connectivity index is 2.23. The van der Waals surface area contributed by atoms with Gasteiger partial charge in [-0.3, -0.25) is 4.79 Å². The van der Waals surface area contributed by atoms with Gasteiger partial charge in [0.25, 0.3) is 0 Å². The van der Waals surface area contributed by atoms with Crippen molar-refractivity contribution in [2.24, 2.45) is 0 Å². The first kappa shape index (κ1) is 13.6. The third kappa shape index (κ3) is 5.97. The lowest BCUT2D eigenvalue weighted by molar-refractivity contribution is -0.121. The van der Waals surface area contributed by atoms with Gasteiger partial charge >= 0.3 is 0 Å². The second-order valence-corrected chi connectivity index (χ2v) is 4.24. The predicted octanol–water partition coefficient (Wildman–Crippen LogP) is 2.63. The van der Waals surface area contributed by atoms with Crippen LogP contribution in [0.4, 0.5) is 0 Å². The molecule has 3 nitrogen and oxygen atoms in total. The van der Waals surface area contributed by atoms with Crippen molar-refractivity contribution < 1.29 is 9.53 Å². The van der Waals surface area contributed by atoms with Gasteiger partial charge in [0.2, 0.25) is 5.91 Å². The fourth-order valence-electron chi connectivity index (χ4n) is 1.25. The van der Waals surface area contributed by atoms with E-state index in [1.807, 2.05) is 31.2 Å². The molecular formula is C13H16ClNO2. The number of halogens is 1. The molecule has 0 fully saturated rings. The molecule has 0 radical (unpaired) electrons. The Morgan fingerprint density at radius 3 is 2.94 bits per heavy atom. The van der Waals surface area contributed by atoms with Gasteiger partial charge in [0.15, 0.2) is 0 Å². The summed E-state index contributed by atoms with van der Waals surface area (Å²) in [6.07, 6.45) is 0.304. The number of hydrogen-bond acceptors (Lipinski definition) is 2. The third-order valence-electron chi connectivity index (χ3n) is 2.06. The lowest BCUT2D eigenvalue weighted by atomic mass is 10.2. The van der Waals surface area contributed by atoms with Gasteiger partial charge in [-0.2, -0.15) is 0 Å². The lowest BCUT2D eigenvalue weighted by Gasteiger charge is -2.07. The van der Waals surface area contributed by atoms with Crippen LogP contribution in [0.3, 0.4) is 0 Å². The molecule has 0 saturated carbocycles. The minimum absolute atomic E-state index is 0.0977. The molecule has 4 heteroatoms. The molecule has 1 rings (SSSR count). The van der Waals surface area contributed by atoms with Gasteiger partial charge in [-0.15, -0.1) is 0 Å². The van der Waals surface area contributed by atoms with Crippen molar-refractivity contribution in [3.8, 4) is 5.75 Å². The molecule has 1 N–H and O–H groups in total. The molecule has 1 aromatic carbocycles. The summed E-state index contributed by atoms with van der Waals surface area (Å²) in [5.74, 6) is 0.680. The Kier molecular flexibility index (Phi) is 5.57. The van der Waals surface area contributed by atoms with E-state index in [1.54, 1.807) is 0 Å². The number of benzene rings is 1. The van der Waals surface area contributed by atoms with Crippen LogP contribution in [0.2, 0.25) is 0 Å². The molecule has 0 aromatic heterocycles. The van der Waals surface area contributed by atoms with Crippen LogP contribution >= 0.6 is 11.6 Å². The highest BCUT2D eigenvalue weighted by Crippen LogP contribution is 2.12. The molecule has 0 spiro atoms. The van der Waals surface area contributed by atoms with Gasteiger partial charge in [-0.1, -0.05) is 30.3 Å². The van der Waals surface area contributed by atoms with Crippen LogP contribution in [-0.4, -0.2) is 19.1 Å². The van der Waals surface area contributed by atoms with Crippen molar-refractivity contribution in [2.45, 2.75) is 13.3 Å². The summed E-state index contributed by atoms with van der Waals surface area (Å²) >= 11 is 5.53. The molecule has 0 aliphatic carbocycles. The van der Waals surface area contributed by atoms with Crippen molar-refractivity contribution in [1.29, 1.82) is 0 Å². The number of nitrogens with one attached hydrogen (secondary N) is 1. The van der Waals surface area contributed by atoms with Crippen molar-refractivity contribution in [2.75, 3.05) is 13.2 Å². The van der Waals surface area contributed by atoms with Crippen LogP contribution in [0, 0.1) is 6.92 Å². The SMILES string of the molecule is C=C(Cl)CNC(=O)CCOc1cccc(C)c1. The highest BCUT2D eigenvalue weighted by molar-refractivity contribution is 6.29. The van der Waals surface area contributed by atoms with E-state index in [0.29, 0.717) is 24.6 Å².